The van der Waals surface area contributed by atoms with Gasteiger partial charge in [-0.1, -0.05) is 6.07 Å². The molecule has 0 spiro atoms. The molecule has 0 aliphatic heterocycles. The van der Waals surface area contributed by atoms with Crippen molar-refractivity contribution in [1.82, 2.24) is 10.2 Å². The number of rotatable bonds is 2. The molecule has 0 aliphatic rings. The second-order valence-corrected chi connectivity index (χ2v) is 3.92. The van der Waals surface area contributed by atoms with Gasteiger partial charge in [-0.2, -0.15) is 5.10 Å². The van der Waals surface area contributed by atoms with Gasteiger partial charge in [0.05, 0.1) is 11.8 Å². The van der Waals surface area contributed by atoms with Crippen molar-refractivity contribution in [3.8, 4) is 0 Å². The highest BCUT2D eigenvalue weighted by Crippen LogP contribution is 2.22. The average molecular weight is 251 g/mol. The molecule has 94 valence electrons. The van der Waals surface area contributed by atoms with E-state index in [2.05, 4.69) is 15.5 Å². The van der Waals surface area contributed by atoms with Gasteiger partial charge in [-0.15, -0.1) is 0 Å². The summed E-state index contributed by atoms with van der Waals surface area (Å²) < 4.78 is 27.1. The summed E-state index contributed by atoms with van der Waals surface area (Å²) in [5.74, 6) is -2.19. The van der Waals surface area contributed by atoms with Gasteiger partial charge < -0.3 is 5.32 Å². The Morgan fingerprint density at radius 3 is 2.67 bits per heavy atom. The number of hydrogen-bond acceptors (Lipinski definition) is 2. The van der Waals surface area contributed by atoms with Crippen molar-refractivity contribution >= 4 is 11.6 Å². The summed E-state index contributed by atoms with van der Waals surface area (Å²) in [4.78, 5) is 11.8. The lowest BCUT2D eigenvalue weighted by atomic mass is 10.2. The minimum Gasteiger partial charge on any atom is -0.317 e. The van der Waals surface area contributed by atoms with E-state index in [1.807, 2.05) is 0 Å². The highest BCUT2D eigenvalue weighted by atomic mass is 19.1. The number of carbonyl (C=O) groups excluding carboxylic acids is 1. The molecule has 0 fully saturated rings. The molecule has 0 saturated heterocycles. The largest absolute Gasteiger partial charge is 0.317 e. The summed E-state index contributed by atoms with van der Waals surface area (Å²) in [6, 6.07) is 2.42. The molecule has 0 unspecified atom stereocenters. The van der Waals surface area contributed by atoms with Crippen LogP contribution in [0.5, 0.6) is 0 Å². The maximum Gasteiger partial charge on any atom is 0.259 e. The van der Waals surface area contributed by atoms with E-state index in [1.165, 1.54) is 19.2 Å². The number of halogens is 2. The number of nitrogens with zero attached hydrogens (tertiary/aromatic N) is 1. The van der Waals surface area contributed by atoms with Crippen LogP contribution in [0.3, 0.4) is 0 Å². The number of hydrogen-bond donors (Lipinski definition) is 2. The van der Waals surface area contributed by atoms with Crippen LogP contribution in [-0.2, 0) is 0 Å². The van der Waals surface area contributed by atoms with Crippen molar-refractivity contribution in [3.05, 3.63) is 46.8 Å². The molecule has 2 rings (SSSR count). The van der Waals surface area contributed by atoms with Crippen LogP contribution in [0.25, 0.3) is 0 Å². The van der Waals surface area contributed by atoms with E-state index in [4.69, 9.17) is 0 Å². The lowest BCUT2D eigenvalue weighted by Crippen LogP contribution is -2.15. The van der Waals surface area contributed by atoms with Crippen LogP contribution in [0, 0.1) is 25.5 Å². The topological polar surface area (TPSA) is 57.8 Å². The molecule has 2 aromatic rings. The predicted molar refractivity (Wildman–Crippen MR) is 62.4 cm³/mol. The SMILES string of the molecule is Cc1ccc(F)c(NC(=O)c2cn[nH]c2C)c1F. The number of aromatic amines is 1. The second-order valence-electron chi connectivity index (χ2n) is 3.92. The van der Waals surface area contributed by atoms with Crippen LogP contribution in [-0.4, -0.2) is 16.1 Å². The fraction of sp³-hybridized carbons (Fsp3) is 0.167. The lowest BCUT2D eigenvalue weighted by Gasteiger charge is -2.08. The van der Waals surface area contributed by atoms with Crippen LogP contribution < -0.4 is 5.32 Å². The van der Waals surface area contributed by atoms with Crippen LogP contribution in [0.1, 0.15) is 21.6 Å². The van der Waals surface area contributed by atoms with Crippen molar-refractivity contribution in [2.24, 2.45) is 0 Å². The Morgan fingerprint density at radius 1 is 1.33 bits per heavy atom. The quantitative estimate of drug-likeness (QED) is 0.861. The molecule has 6 heteroatoms. The van der Waals surface area contributed by atoms with Crippen LogP contribution in [0.4, 0.5) is 14.5 Å². The average Bonchev–Trinajstić information content (AvgIpc) is 2.76. The number of nitrogens with one attached hydrogen (secondary N) is 2. The van der Waals surface area contributed by atoms with Crippen molar-refractivity contribution < 1.29 is 13.6 Å². The Morgan fingerprint density at radius 2 is 2.06 bits per heavy atom. The number of carbonyl (C=O) groups is 1. The van der Waals surface area contributed by atoms with Gasteiger partial charge >= 0.3 is 0 Å². The number of H-pyrrole nitrogens is 1. The van der Waals surface area contributed by atoms with Crippen LogP contribution in [0.2, 0.25) is 0 Å². The first-order valence-electron chi connectivity index (χ1n) is 5.26. The van der Waals surface area contributed by atoms with Gasteiger partial charge in [0.1, 0.15) is 11.5 Å². The number of anilines is 1. The molecule has 0 bridgehead atoms. The molecular weight excluding hydrogens is 240 g/mol. The fourth-order valence-electron chi connectivity index (χ4n) is 1.53. The molecule has 1 aromatic carbocycles. The monoisotopic (exact) mass is 251 g/mol. The normalized spacial score (nSPS) is 10.4. The van der Waals surface area contributed by atoms with Gasteiger partial charge in [-0.05, 0) is 25.5 Å². The number of aromatic nitrogens is 2. The van der Waals surface area contributed by atoms with Crippen LogP contribution >= 0.6 is 0 Å². The molecule has 18 heavy (non-hydrogen) atoms. The highest BCUT2D eigenvalue weighted by molar-refractivity contribution is 6.05. The zero-order valence-electron chi connectivity index (χ0n) is 9.84. The third kappa shape index (κ3) is 2.09. The molecule has 1 amide bonds. The molecular formula is C12H11F2N3O. The van der Waals surface area contributed by atoms with Gasteiger partial charge in [0, 0.05) is 5.69 Å². The summed E-state index contributed by atoms with van der Waals surface area (Å²) >= 11 is 0. The number of amides is 1. The standard InChI is InChI=1S/C12H11F2N3O/c1-6-3-4-9(13)11(10(6)14)16-12(18)8-5-15-17-7(8)2/h3-5H,1-2H3,(H,15,17)(H,16,18). The van der Waals surface area contributed by atoms with Gasteiger partial charge in [0.25, 0.3) is 5.91 Å². The van der Waals surface area contributed by atoms with Gasteiger partial charge in [-0.3, -0.25) is 9.89 Å². The third-order valence-corrected chi connectivity index (χ3v) is 2.60. The van der Waals surface area contributed by atoms with Crippen molar-refractivity contribution in [2.45, 2.75) is 13.8 Å². The van der Waals surface area contributed by atoms with E-state index in [1.54, 1.807) is 6.92 Å². The van der Waals surface area contributed by atoms with Crippen molar-refractivity contribution in [3.63, 3.8) is 0 Å². The molecule has 0 aliphatic carbocycles. The molecule has 0 atom stereocenters. The number of aryl methyl sites for hydroxylation is 2. The summed E-state index contributed by atoms with van der Waals surface area (Å²) in [7, 11) is 0. The summed E-state index contributed by atoms with van der Waals surface area (Å²) in [5.41, 5.74) is 0.590. The molecule has 2 N–H and O–H groups in total. The Balaban J connectivity index is 2.33. The Kier molecular flexibility index (Phi) is 3.10. The van der Waals surface area contributed by atoms with Crippen molar-refractivity contribution in [1.29, 1.82) is 0 Å². The summed E-state index contributed by atoms with van der Waals surface area (Å²) in [6.45, 7) is 3.14. The summed E-state index contributed by atoms with van der Waals surface area (Å²) in [5, 5.41) is 8.46. The lowest BCUT2D eigenvalue weighted by molar-refractivity contribution is 0.102. The van der Waals surface area contributed by atoms with Crippen LogP contribution in [0.15, 0.2) is 18.3 Å². The maximum atomic E-state index is 13.7. The predicted octanol–water partition coefficient (Wildman–Crippen LogP) is 2.56. The molecule has 1 heterocycles. The zero-order valence-corrected chi connectivity index (χ0v) is 9.84. The maximum absolute atomic E-state index is 13.7. The smallest absolute Gasteiger partial charge is 0.259 e. The van der Waals surface area contributed by atoms with Gasteiger partial charge in [-0.25, -0.2) is 8.78 Å². The van der Waals surface area contributed by atoms with E-state index >= 15 is 0 Å². The molecule has 1 aromatic heterocycles. The molecule has 4 nitrogen and oxygen atoms in total. The molecule has 0 saturated carbocycles. The van der Waals surface area contributed by atoms with E-state index in [0.717, 1.165) is 6.07 Å². The third-order valence-electron chi connectivity index (χ3n) is 2.60. The number of benzene rings is 1. The van der Waals surface area contributed by atoms with Gasteiger partial charge in [0.15, 0.2) is 5.82 Å². The van der Waals surface area contributed by atoms with Gasteiger partial charge in [0.2, 0.25) is 0 Å². The van der Waals surface area contributed by atoms with E-state index in [-0.39, 0.29) is 11.1 Å². The first-order chi connectivity index (χ1) is 8.50. The Hall–Kier alpha value is -2.24. The Labute approximate surface area is 102 Å². The highest BCUT2D eigenvalue weighted by Gasteiger charge is 2.17. The Bertz CT molecular complexity index is 607. The fourth-order valence-corrected chi connectivity index (χ4v) is 1.53. The first kappa shape index (κ1) is 12.2. The first-order valence-corrected chi connectivity index (χ1v) is 5.26. The summed E-state index contributed by atoms with van der Waals surface area (Å²) in [6.07, 6.45) is 1.30. The molecule has 0 radical (unpaired) electrons. The van der Waals surface area contributed by atoms with E-state index in [0.29, 0.717) is 5.69 Å². The van der Waals surface area contributed by atoms with Crippen molar-refractivity contribution in [2.75, 3.05) is 5.32 Å². The van der Waals surface area contributed by atoms with E-state index in [9.17, 15) is 13.6 Å². The minimum atomic E-state index is -0.812. The zero-order chi connectivity index (χ0) is 13.3. The second kappa shape index (κ2) is 4.56. The van der Waals surface area contributed by atoms with E-state index < -0.39 is 23.2 Å². The minimum absolute atomic E-state index is 0.246.